The summed E-state index contributed by atoms with van der Waals surface area (Å²) in [6.07, 6.45) is 40.8. The zero-order valence-corrected chi connectivity index (χ0v) is 38.3. The molecular weight excluding hydrogens is 801 g/mol. The Bertz CT molecular complexity index is 1340. The predicted octanol–water partition coefficient (Wildman–Crippen LogP) is 9.91. The van der Waals surface area contributed by atoms with Crippen LogP contribution in [0, 0.1) is 0 Å². The molecule has 0 aromatic rings. The second-order valence-corrected chi connectivity index (χ2v) is 16.7. The average Bonchev–Trinajstić information content (AvgIpc) is 3.23. The molecule has 1 heterocycles. The lowest BCUT2D eigenvalue weighted by Gasteiger charge is -2.41. The number of allylic oxidation sites excluding steroid dienone is 12. The molecule has 0 aliphatic carbocycles. The van der Waals surface area contributed by atoms with Crippen molar-refractivity contribution >= 4 is 16.4 Å². The van der Waals surface area contributed by atoms with Gasteiger partial charge >= 0.3 is 16.4 Å². The van der Waals surface area contributed by atoms with Gasteiger partial charge in [-0.05, 0) is 83.5 Å². The Kier molecular flexibility index (Phi) is 36.3. The predicted molar refractivity (Wildman–Crippen MR) is 243 cm³/mol. The first-order valence-electron chi connectivity index (χ1n) is 23.2. The molecule has 0 aromatic carbocycles. The van der Waals surface area contributed by atoms with E-state index in [-0.39, 0.29) is 19.6 Å². The number of carbonyl (C=O) groups excluding carboxylic acids is 1. The summed E-state index contributed by atoms with van der Waals surface area (Å²) in [6, 6.07) is 0. The molecule has 352 valence electrons. The number of unbranched alkanes of at least 4 members (excludes halogenated alkanes) is 14. The molecule has 6 atom stereocenters. The van der Waals surface area contributed by atoms with E-state index in [2.05, 4.69) is 90.9 Å². The molecule has 4 N–H and O–H groups in total. The Hall–Kier alpha value is -2.46. The summed E-state index contributed by atoms with van der Waals surface area (Å²) >= 11 is 0. The highest BCUT2D eigenvalue weighted by atomic mass is 32.3. The third-order valence-electron chi connectivity index (χ3n) is 10.1. The van der Waals surface area contributed by atoms with Gasteiger partial charge in [0.2, 0.25) is 0 Å². The topological polar surface area (TPSA) is 178 Å². The molecule has 1 aliphatic rings. The molecule has 0 amide bonds. The number of esters is 1. The number of aliphatic hydroxyl groups excluding tert-OH is 3. The van der Waals surface area contributed by atoms with Crippen molar-refractivity contribution in [3.8, 4) is 0 Å². The highest BCUT2D eigenvalue weighted by Gasteiger charge is 2.48. The number of ether oxygens (including phenoxy) is 4. The molecule has 0 radical (unpaired) electrons. The van der Waals surface area contributed by atoms with Gasteiger partial charge in [-0.3, -0.25) is 9.35 Å². The van der Waals surface area contributed by atoms with Crippen LogP contribution >= 0.6 is 0 Å². The number of aliphatic hydroxyl groups is 3. The number of rotatable bonds is 39. The van der Waals surface area contributed by atoms with E-state index in [4.69, 9.17) is 23.5 Å². The fraction of sp³-hybridized carbons (Fsp3) is 0.729. The summed E-state index contributed by atoms with van der Waals surface area (Å²) in [6.45, 7) is 3.78. The Labute approximate surface area is 369 Å². The van der Waals surface area contributed by atoms with Gasteiger partial charge in [-0.15, -0.1) is 0 Å². The average molecular weight is 883 g/mol. The SMILES string of the molecule is CC/C=C\C/C=C\C/C=C\C/C=C\CCCCC(=O)OC(COCCCCCCCCCC/C=C\C/C=C\CCCCCC)COC1OC(CO)C(O)C(OS(=O)(=O)O)C1O. The minimum atomic E-state index is -5.07. The fourth-order valence-corrected chi connectivity index (χ4v) is 7.08. The molecule has 1 aliphatic heterocycles. The normalized spacial score (nSPS) is 20.8. The van der Waals surface area contributed by atoms with Crippen LogP contribution in [0.1, 0.15) is 162 Å². The maximum Gasteiger partial charge on any atom is 0.397 e. The third kappa shape index (κ3) is 32.8. The molecule has 61 heavy (non-hydrogen) atoms. The Morgan fingerprint density at radius 2 is 1.13 bits per heavy atom. The van der Waals surface area contributed by atoms with Gasteiger partial charge in [-0.2, -0.15) is 8.42 Å². The van der Waals surface area contributed by atoms with Gasteiger partial charge in [0, 0.05) is 13.0 Å². The molecule has 0 bridgehead atoms. The number of carbonyl (C=O) groups is 1. The summed E-state index contributed by atoms with van der Waals surface area (Å²) in [5.41, 5.74) is 0. The lowest BCUT2D eigenvalue weighted by molar-refractivity contribution is -0.301. The van der Waals surface area contributed by atoms with Gasteiger partial charge in [0.15, 0.2) is 6.29 Å². The maximum atomic E-state index is 12.8. The quantitative estimate of drug-likeness (QED) is 0.0199. The fourth-order valence-electron chi connectivity index (χ4n) is 6.57. The molecular formula is C48H82O12S. The Balaban J connectivity index is 2.45. The van der Waals surface area contributed by atoms with Crippen LogP contribution in [0.2, 0.25) is 0 Å². The monoisotopic (exact) mass is 883 g/mol. The highest BCUT2D eigenvalue weighted by Crippen LogP contribution is 2.26. The maximum absolute atomic E-state index is 12.8. The van der Waals surface area contributed by atoms with Gasteiger partial charge in [0.1, 0.15) is 30.5 Å². The Morgan fingerprint density at radius 3 is 1.66 bits per heavy atom. The minimum Gasteiger partial charge on any atom is -0.457 e. The summed E-state index contributed by atoms with van der Waals surface area (Å²) in [7, 11) is -5.07. The molecule has 1 rings (SSSR count). The summed E-state index contributed by atoms with van der Waals surface area (Å²) in [4.78, 5) is 12.8. The van der Waals surface area contributed by atoms with E-state index >= 15 is 0 Å². The summed E-state index contributed by atoms with van der Waals surface area (Å²) < 4.78 is 59.0. The van der Waals surface area contributed by atoms with Gasteiger partial charge in [0.05, 0.1) is 19.8 Å². The smallest absolute Gasteiger partial charge is 0.397 e. The third-order valence-corrected chi connectivity index (χ3v) is 10.5. The molecule has 6 unspecified atom stereocenters. The second-order valence-electron chi connectivity index (χ2n) is 15.6. The van der Waals surface area contributed by atoms with Crippen molar-refractivity contribution in [1.82, 2.24) is 0 Å². The van der Waals surface area contributed by atoms with Crippen molar-refractivity contribution < 1.29 is 56.2 Å². The van der Waals surface area contributed by atoms with E-state index in [1.807, 2.05) is 0 Å². The molecule has 1 fully saturated rings. The summed E-state index contributed by atoms with van der Waals surface area (Å²) in [5, 5.41) is 30.7. The van der Waals surface area contributed by atoms with Crippen LogP contribution in [-0.2, 0) is 38.3 Å². The van der Waals surface area contributed by atoms with Crippen molar-refractivity contribution in [3.05, 3.63) is 72.9 Å². The van der Waals surface area contributed by atoms with Crippen molar-refractivity contribution in [2.24, 2.45) is 0 Å². The van der Waals surface area contributed by atoms with Crippen LogP contribution in [0.25, 0.3) is 0 Å². The van der Waals surface area contributed by atoms with Crippen LogP contribution in [0.5, 0.6) is 0 Å². The zero-order valence-electron chi connectivity index (χ0n) is 37.4. The standard InChI is InChI=1S/C48H82O12S/c1-3-5-7-9-11-13-15-17-19-20-21-22-24-26-28-30-32-34-36-38-56-40-42(41-57-48-46(52)47(60-61(53,54)55)45(51)43(39-49)59-48)58-44(50)37-35-33-31-29-27-25-23-18-16-14-12-10-8-6-4-2/h6,8,12-15,18-20,23,27,29,42-43,45-49,51-52H,3-5,7,9-11,16-17,21-22,24-26,28,30-41H2,1-2H3,(H,53,54,55)/b8-6-,14-12-,15-13-,20-19-,23-18-,29-27-. The van der Waals surface area contributed by atoms with Gasteiger partial charge in [-0.1, -0.05) is 145 Å². The van der Waals surface area contributed by atoms with E-state index in [0.29, 0.717) is 13.0 Å². The first kappa shape index (κ1) is 56.6. The van der Waals surface area contributed by atoms with Crippen molar-refractivity contribution in [2.75, 3.05) is 26.4 Å². The lowest BCUT2D eigenvalue weighted by atomic mass is 9.99. The van der Waals surface area contributed by atoms with E-state index in [9.17, 15) is 28.5 Å². The van der Waals surface area contributed by atoms with E-state index < -0.39 is 59.8 Å². The molecule has 13 heteroatoms. The van der Waals surface area contributed by atoms with Gasteiger partial charge in [-0.25, -0.2) is 4.18 Å². The van der Waals surface area contributed by atoms with Crippen LogP contribution in [-0.4, -0.2) is 97.5 Å². The molecule has 1 saturated heterocycles. The van der Waals surface area contributed by atoms with Crippen molar-refractivity contribution in [3.63, 3.8) is 0 Å². The summed E-state index contributed by atoms with van der Waals surface area (Å²) in [5.74, 6) is -0.444. The van der Waals surface area contributed by atoms with Crippen LogP contribution in [0.15, 0.2) is 72.9 Å². The van der Waals surface area contributed by atoms with Crippen LogP contribution < -0.4 is 0 Å². The molecule has 0 spiro atoms. The minimum absolute atomic E-state index is 0.0112. The van der Waals surface area contributed by atoms with E-state index in [1.54, 1.807) is 0 Å². The second kappa shape index (κ2) is 39.2. The largest absolute Gasteiger partial charge is 0.457 e. The van der Waals surface area contributed by atoms with Crippen molar-refractivity contribution in [1.29, 1.82) is 0 Å². The van der Waals surface area contributed by atoms with Crippen LogP contribution in [0.3, 0.4) is 0 Å². The number of hydrogen-bond acceptors (Lipinski definition) is 11. The van der Waals surface area contributed by atoms with E-state index in [0.717, 1.165) is 70.6 Å². The molecule has 0 saturated carbocycles. The molecule has 12 nitrogen and oxygen atoms in total. The van der Waals surface area contributed by atoms with Gasteiger partial charge in [0.25, 0.3) is 0 Å². The Morgan fingerprint density at radius 1 is 0.639 bits per heavy atom. The van der Waals surface area contributed by atoms with Crippen molar-refractivity contribution in [2.45, 2.75) is 198 Å². The van der Waals surface area contributed by atoms with E-state index in [1.165, 1.54) is 64.2 Å². The van der Waals surface area contributed by atoms with Crippen LogP contribution in [0.4, 0.5) is 0 Å². The van der Waals surface area contributed by atoms with Gasteiger partial charge < -0.3 is 34.3 Å². The molecule has 0 aromatic heterocycles. The highest BCUT2D eigenvalue weighted by molar-refractivity contribution is 7.80. The zero-order chi connectivity index (χ0) is 44.7. The first-order valence-corrected chi connectivity index (χ1v) is 24.6. The first-order chi connectivity index (χ1) is 29.6. The lowest BCUT2D eigenvalue weighted by Crippen LogP contribution is -2.60. The number of hydrogen-bond donors (Lipinski definition) is 4.